The van der Waals surface area contributed by atoms with E-state index in [0.717, 1.165) is 24.8 Å². The number of hydrogen-bond acceptors (Lipinski definition) is 2. The molecule has 0 aliphatic heterocycles. The number of benzene rings is 1. The summed E-state index contributed by atoms with van der Waals surface area (Å²) < 4.78 is 5.77. The molecule has 1 saturated carbocycles. The van der Waals surface area contributed by atoms with Gasteiger partial charge in [0.05, 0.1) is 0 Å². The predicted octanol–water partition coefficient (Wildman–Crippen LogP) is 2.55. The van der Waals surface area contributed by atoms with E-state index in [4.69, 9.17) is 4.74 Å². The molecule has 1 N–H and O–H groups in total. The Morgan fingerprint density at radius 1 is 1.18 bits per heavy atom. The Kier molecular flexibility index (Phi) is 3.32. The number of rotatable bonds is 6. The van der Waals surface area contributed by atoms with Crippen LogP contribution in [0.5, 0.6) is 5.75 Å². The van der Waals surface area contributed by atoms with Crippen LogP contribution in [0.15, 0.2) is 18.2 Å². The van der Waals surface area contributed by atoms with Gasteiger partial charge in [-0.25, -0.2) is 0 Å². The van der Waals surface area contributed by atoms with Gasteiger partial charge in [-0.2, -0.15) is 0 Å². The Balaban J connectivity index is 1.41. The van der Waals surface area contributed by atoms with Crippen molar-refractivity contribution in [2.24, 2.45) is 5.92 Å². The molecule has 92 valence electrons. The number of hydrogen-bond donors (Lipinski definition) is 1. The molecule has 0 unspecified atom stereocenters. The highest BCUT2D eigenvalue weighted by Gasteiger charge is 2.19. The molecule has 2 nitrogen and oxygen atoms in total. The van der Waals surface area contributed by atoms with E-state index in [1.807, 2.05) is 0 Å². The van der Waals surface area contributed by atoms with Crippen molar-refractivity contribution in [3.05, 3.63) is 29.3 Å². The summed E-state index contributed by atoms with van der Waals surface area (Å²) in [6.07, 6.45) is 6.62. The Bertz CT molecular complexity index is 385. The summed E-state index contributed by atoms with van der Waals surface area (Å²) in [5.74, 6) is 1.99. The first kappa shape index (κ1) is 11.1. The lowest BCUT2D eigenvalue weighted by molar-refractivity contribution is 0.313. The zero-order valence-electron chi connectivity index (χ0n) is 10.4. The van der Waals surface area contributed by atoms with Gasteiger partial charge in [0.1, 0.15) is 12.4 Å². The highest BCUT2D eigenvalue weighted by Crippen LogP contribution is 2.27. The van der Waals surface area contributed by atoms with Crippen molar-refractivity contribution in [1.82, 2.24) is 5.32 Å². The van der Waals surface area contributed by atoms with Crippen LogP contribution in [-0.2, 0) is 12.8 Å². The van der Waals surface area contributed by atoms with Crippen LogP contribution in [-0.4, -0.2) is 19.7 Å². The van der Waals surface area contributed by atoms with Crippen LogP contribution in [0, 0.1) is 5.92 Å². The number of ether oxygens (including phenoxy) is 1. The summed E-state index contributed by atoms with van der Waals surface area (Å²) in [7, 11) is 0. The Morgan fingerprint density at radius 2 is 2.06 bits per heavy atom. The van der Waals surface area contributed by atoms with Gasteiger partial charge in [0.2, 0.25) is 0 Å². The first-order valence-corrected chi connectivity index (χ1v) is 6.87. The molecule has 2 aliphatic rings. The molecule has 1 aromatic rings. The van der Waals surface area contributed by atoms with Gasteiger partial charge in [-0.1, -0.05) is 6.07 Å². The number of fused-ring (bicyclic) bond motifs is 1. The van der Waals surface area contributed by atoms with E-state index in [0.29, 0.717) is 0 Å². The van der Waals surface area contributed by atoms with Crippen LogP contribution in [0.25, 0.3) is 0 Å². The lowest BCUT2D eigenvalue weighted by Gasteiger charge is -2.08. The van der Waals surface area contributed by atoms with Crippen molar-refractivity contribution in [3.8, 4) is 5.75 Å². The van der Waals surface area contributed by atoms with Gasteiger partial charge < -0.3 is 10.1 Å². The lowest BCUT2D eigenvalue weighted by atomic mass is 10.1. The number of nitrogens with one attached hydrogen (secondary N) is 1. The second-order valence-corrected chi connectivity index (χ2v) is 5.28. The van der Waals surface area contributed by atoms with Gasteiger partial charge in [-0.3, -0.25) is 0 Å². The standard InChI is InChI=1S/C15H21NO/c1-2-13-6-7-15(10-14(13)3-1)17-9-8-16-11-12-4-5-12/h6-7,10,12,16H,1-5,8-9,11H2. The van der Waals surface area contributed by atoms with Crippen molar-refractivity contribution >= 4 is 0 Å². The molecule has 1 aromatic carbocycles. The smallest absolute Gasteiger partial charge is 0.119 e. The van der Waals surface area contributed by atoms with E-state index in [-0.39, 0.29) is 0 Å². The van der Waals surface area contributed by atoms with Crippen LogP contribution in [0.3, 0.4) is 0 Å². The monoisotopic (exact) mass is 231 g/mol. The van der Waals surface area contributed by atoms with Gasteiger partial charge >= 0.3 is 0 Å². The molecule has 0 saturated heterocycles. The molecule has 0 atom stereocenters. The normalized spacial score (nSPS) is 18.1. The third-order valence-corrected chi connectivity index (χ3v) is 3.75. The second kappa shape index (κ2) is 5.09. The molecule has 0 bridgehead atoms. The molecule has 0 aromatic heterocycles. The Morgan fingerprint density at radius 3 is 2.94 bits per heavy atom. The molecule has 3 rings (SSSR count). The predicted molar refractivity (Wildman–Crippen MR) is 69.6 cm³/mol. The van der Waals surface area contributed by atoms with Crippen LogP contribution in [0.4, 0.5) is 0 Å². The maximum Gasteiger partial charge on any atom is 0.119 e. The van der Waals surface area contributed by atoms with Gasteiger partial charge in [0.25, 0.3) is 0 Å². The Labute approximate surface area is 103 Å². The van der Waals surface area contributed by atoms with Crippen molar-refractivity contribution in [1.29, 1.82) is 0 Å². The summed E-state index contributed by atoms with van der Waals surface area (Å²) in [4.78, 5) is 0. The zero-order valence-corrected chi connectivity index (χ0v) is 10.4. The van der Waals surface area contributed by atoms with Crippen molar-refractivity contribution in [2.75, 3.05) is 19.7 Å². The molecular weight excluding hydrogens is 210 g/mol. The largest absolute Gasteiger partial charge is 0.492 e. The summed E-state index contributed by atoms with van der Waals surface area (Å²) in [6.45, 7) is 2.92. The van der Waals surface area contributed by atoms with Crippen LogP contribution in [0.1, 0.15) is 30.4 Å². The van der Waals surface area contributed by atoms with Crippen LogP contribution >= 0.6 is 0 Å². The highest BCUT2D eigenvalue weighted by atomic mass is 16.5. The SMILES string of the molecule is c1cc2c(cc1OCCNCC1CC1)CCC2. The number of aryl methyl sites for hydroxylation is 2. The third-order valence-electron chi connectivity index (χ3n) is 3.75. The minimum atomic E-state index is 0.783. The zero-order chi connectivity index (χ0) is 11.5. The lowest BCUT2D eigenvalue weighted by Crippen LogP contribution is -2.23. The topological polar surface area (TPSA) is 21.3 Å². The summed E-state index contributed by atoms with van der Waals surface area (Å²) in [6, 6.07) is 6.57. The molecule has 2 heteroatoms. The quantitative estimate of drug-likeness (QED) is 0.760. The molecule has 2 aliphatic carbocycles. The van der Waals surface area contributed by atoms with E-state index in [1.165, 1.54) is 49.8 Å². The molecular formula is C15H21NO. The maximum atomic E-state index is 5.77. The molecule has 17 heavy (non-hydrogen) atoms. The van der Waals surface area contributed by atoms with E-state index in [9.17, 15) is 0 Å². The molecule has 0 amide bonds. The fourth-order valence-corrected chi connectivity index (χ4v) is 2.51. The molecule has 0 spiro atoms. The minimum absolute atomic E-state index is 0.783. The first-order valence-electron chi connectivity index (χ1n) is 6.87. The van der Waals surface area contributed by atoms with Gasteiger partial charge in [0.15, 0.2) is 0 Å². The van der Waals surface area contributed by atoms with Crippen molar-refractivity contribution < 1.29 is 4.74 Å². The van der Waals surface area contributed by atoms with E-state index in [1.54, 1.807) is 0 Å². The van der Waals surface area contributed by atoms with Crippen molar-refractivity contribution in [2.45, 2.75) is 32.1 Å². The van der Waals surface area contributed by atoms with E-state index >= 15 is 0 Å². The average molecular weight is 231 g/mol. The minimum Gasteiger partial charge on any atom is -0.492 e. The van der Waals surface area contributed by atoms with Crippen molar-refractivity contribution in [3.63, 3.8) is 0 Å². The fourth-order valence-electron chi connectivity index (χ4n) is 2.51. The molecule has 1 fully saturated rings. The van der Waals surface area contributed by atoms with Crippen LogP contribution < -0.4 is 10.1 Å². The first-order chi connectivity index (χ1) is 8.42. The molecule has 0 heterocycles. The van der Waals surface area contributed by atoms with Gasteiger partial charge in [0, 0.05) is 6.54 Å². The second-order valence-electron chi connectivity index (χ2n) is 5.28. The van der Waals surface area contributed by atoms with E-state index < -0.39 is 0 Å². The highest BCUT2D eigenvalue weighted by molar-refractivity contribution is 5.38. The summed E-state index contributed by atoms with van der Waals surface area (Å²) >= 11 is 0. The summed E-state index contributed by atoms with van der Waals surface area (Å²) in [5.41, 5.74) is 3.01. The third kappa shape index (κ3) is 3.01. The maximum absolute atomic E-state index is 5.77. The average Bonchev–Trinajstić information content (AvgIpc) is 3.05. The van der Waals surface area contributed by atoms with Crippen LogP contribution in [0.2, 0.25) is 0 Å². The fraction of sp³-hybridized carbons (Fsp3) is 0.600. The Hall–Kier alpha value is -1.02. The van der Waals surface area contributed by atoms with Gasteiger partial charge in [-0.15, -0.1) is 0 Å². The summed E-state index contributed by atoms with van der Waals surface area (Å²) in [5, 5.41) is 3.44. The molecule has 0 radical (unpaired) electrons. The van der Waals surface area contributed by atoms with E-state index in [2.05, 4.69) is 23.5 Å². The van der Waals surface area contributed by atoms with Gasteiger partial charge in [-0.05, 0) is 67.8 Å².